The Morgan fingerprint density at radius 1 is 1.00 bits per heavy atom. The van der Waals surface area contributed by atoms with Gasteiger partial charge in [-0.1, -0.05) is 42.5 Å². The van der Waals surface area contributed by atoms with Crippen molar-refractivity contribution >= 4 is 0 Å². The van der Waals surface area contributed by atoms with Crippen LogP contribution in [0.2, 0.25) is 0 Å². The van der Waals surface area contributed by atoms with Gasteiger partial charge >= 0.3 is 0 Å². The van der Waals surface area contributed by atoms with Crippen LogP contribution in [0, 0.1) is 5.92 Å². The lowest BCUT2D eigenvalue weighted by Crippen LogP contribution is -1.92. The highest BCUT2D eigenvalue weighted by Crippen LogP contribution is 2.24. The molecule has 1 atom stereocenters. The first-order chi connectivity index (χ1) is 4.47. The average molecular weight is 133 g/mol. The molecule has 10 heavy (non-hydrogen) atoms. The largest absolute Gasteiger partial charge is 0.255 e. The van der Waals surface area contributed by atoms with Gasteiger partial charge in [-0.2, -0.15) is 0 Å². The van der Waals surface area contributed by atoms with Crippen LogP contribution in [0.4, 0.5) is 0 Å². The van der Waals surface area contributed by atoms with Crippen LogP contribution in [0.5, 0.6) is 0 Å². The third-order valence-corrected chi connectivity index (χ3v) is 1.71. The van der Waals surface area contributed by atoms with Crippen molar-refractivity contribution in [3.8, 4) is 0 Å². The Hall–Kier alpha value is -1.08. The molecular weight excluding hydrogens is 124 g/mol. The van der Waals surface area contributed by atoms with Crippen LogP contribution < -0.4 is 0 Å². The van der Waals surface area contributed by atoms with Crippen molar-refractivity contribution in [3.63, 3.8) is 0 Å². The van der Waals surface area contributed by atoms with Gasteiger partial charge < -0.3 is 0 Å². The number of hydrogen-bond acceptors (Lipinski definition) is 0. The summed E-state index contributed by atoms with van der Waals surface area (Å²) >= 11 is 0. The van der Waals surface area contributed by atoms with Crippen molar-refractivity contribution in [1.29, 1.82) is 0 Å². The van der Waals surface area contributed by atoms with Crippen molar-refractivity contribution in [2.45, 2.75) is 0 Å². The van der Waals surface area contributed by atoms with E-state index < -0.39 is 0 Å². The molecule has 2 rings (SSSR count). The average Bonchev–Trinajstić information content (AvgIpc) is 2.33. The summed E-state index contributed by atoms with van der Waals surface area (Å²) < 4.78 is 0. The summed E-state index contributed by atoms with van der Waals surface area (Å²) in [7, 11) is 0. The topological polar surface area (TPSA) is 30.0 Å². The van der Waals surface area contributed by atoms with E-state index in [9.17, 15) is 0 Å². The van der Waals surface area contributed by atoms with Gasteiger partial charge in [0.2, 0.25) is 0 Å². The highest BCUT2D eigenvalue weighted by Gasteiger charge is 2.09. The predicted molar refractivity (Wildman–Crippen MR) is 40.9 cm³/mol. The lowest BCUT2D eigenvalue weighted by Gasteiger charge is -2.06. The summed E-state index contributed by atoms with van der Waals surface area (Å²) in [5, 5.41) is 0. The van der Waals surface area contributed by atoms with Gasteiger partial charge in [-0.3, -0.25) is 5.48 Å². The van der Waals surface area contributed by atoms with E-state index in [2.05, 4.69) is 42.5 Å². The zero-order valence-electron chi connectivity index (χ0n) is 5.57. The molecule has 1 nitrogen and oxygen atoms in total. The van der Waals surface area contributed by atoms with E-state index in [1.165, 1.54) is 5.57 Å². The van der Waals surface area contributed by atoms with Gasteiger partial charge in [0, 0.05) is 5.92 Å². The van der Waals surface area contributed by atoms with Crippen LogP contribution in [0.1, 0.15) is 0 Å². The van der Waals surface area contributed by atoms with Crippen LogP contribution >= 0.6 is 0 Å². The second-order valence-corrected chi connectivity index (χ2v) is 2.32. The van der Waals surface area contributed by atoms with Crippen molar-refractivity contribution in [2.75, 3.05) is 0 Å². The molecule has 0 amide bonds. The second kappa shape index (κ2) is 2.67. The van der Waals surface area contributed by atoms with Crippen molar-refractivity contribution in [2.24, 2.45) is 5.92 Å². The highest BCUT2D eigenvalue weighted by molar-refractivity contribution is 5.42. The molecule has 51 valence electrons. The maximum atomic E-state index is 2.20. The fraction of sp³-hybridized carbons (Fsp3) is 0.111. The Bertz CT molecular complexity index is 231. The molecule has 1 heteroatoms. The maximum Gasteiger partial charge on any atom is 0.0204 e. The summed E-state index contributed by atoms with van der Waals surface area (Å²) in [5.74, 6) is 0.579. The van der Waals surface area contributed by atoms with Gasteiger partial charge in [-0.05, 0) is 5.57 Å². The van der Waals surface area contributed by atoms with Gasteiger partial charge in [0.05, 0.1) is 0 Å². The molecule has 0 fully saturated rings. The maximum absolute atomic E-state index is 2.20. The zero-order chi connectivity index (χ0) is 6.10. The highest BCUT2D eigenvalue weighted by atomic mass is 16.0. The minimum absolute atomic E-state index is 0. The van der Waals surface area contributed by atoms with E-state index in [0.29, 0.717) is 5.92 Å². The lowest BCUT2D eigenvalue weighted by atomic mass is 9.99. The smallest absolute Gasteiger partial charge is 0.0204 e. The first-order valence-corrected chi connectivity index (χ1v) is 3.20. The molecule has 0 saturated carbocycles. The standard InChI is InChI=1S/C9H8.HO/c1-2-5-9-7-3-6-8(9)4-1;/h1-8H;1H. The number of fused-ring (bicyclic) bond motifs is 1. The molecule has 1 radical (unpaired) electrons. The molecule has 1 N–H and O–H groups in total. The van der Waals surface area contributed by atoms with Crippen molar-refractivity contribution < 1.29 is 5.48 Å². The summed E-state index contributed by atoms with van der Waals surface area (Å²) in [4.78, 5) is 0. The molecule has 0 aromatic heterocycles. The van der Waals surface area contributed by atoms with Gasteiger partial charge in [0.1, 0.15) is 0 Å². The summed E-state index contributed by atoms with van der Waals surface area (Å²) in [6.07, 6.45) is 15.0. The fourth-order valence-corrected chi connectivity index (χ4v) is 1.20. The Morgan fingerprint density at radius 3 is 2.60 bits per heavy atom. The van der Waals surface area contributed by atoms with Gasteiger partial charge in [0.15, 0.2) is 0 Å². The monoisotopic (exact) mass is 133 g/mol. The second-order valence-electron chi connectivity index (χ2n) is 2.32. The summed E-state index contributed by atoms with van der Waals surface area (Å²) in [6.45, 7) is 0. The lowest BCUT2D eigenvalue weighted by molar-refractivity contribution is 0.824. The Balaban J connectivity index is 0.000000500. The van der Waals surface area contributed by atoms with Gasteiger partial charge in [-0.25, -0.2) is 0 Å². The van der Waals surface area contributed by atoms with Crippen LogP contribution in [0.15, 0.2) is 48.1 Å². The van der Waals surface area contributed by atoms with E-state index in [0.717, 1.165) is 0 Å². The minimum atomic E-state index is 0. The molecule has 2 aliphatic rings. The van der Waals surface area contributed by atoms with Crippen LogP contribution in [-0.4, -0.2) is 5.48 Å². The Kier molecular flexibility index (Phi) is 1.88. The van der Waals surface area contributed by atoms with Crippen molar-refractivity contribution in [1.82, 2.24) is 0 Å². The quantitative estimate of drug-likeness (QED) is 0.524. The molecule has 0 bridgehead atoms. The molecule has 2 aliphatic carbocycles. The summed E-state index contributed by atoms with van der Waals surface area (Å²) in [5.41, 5.74) is 1.41. The molecule has 1 unspecified atom stereocenters. The van der Waals surface area contributed by atoms with E-state index in [1.54, 1.807) is 0 Å². The Labute approximate surface area is 60.4 Å². The molecule has 0 heterocycles. The number of hydrogen-bond donors (Lipinski definition) is 1. The van der Waals surface area contributed by atoms with Crippen LogP contribution in [0.25, 0.3) is 0 Å². The first-order valence-electron chi connectivity index (χ1n) is 3.20. The first kappa shape index (κ1) is 7.03. The van der Waals surface area contributed by atoms with E-state index >= 15 is 0 Å². The molecule has 0 saturated heterocycles. The predicted octanol–water partition coefficient (Wildman–Crippen LogP) is 2.05. The molecular formula is C9H9O. The normalized spacial score (nSPS) is 25.6. The minimum Gasteiger partial charge on any atom is -0.255 e. The molecule has 0 spiro atoms. The van der Waals surface area contributed by atoms with E-state index in [4.69, 9.17) is 0 Å². The van der Waals surface area contributed by atoms with Crippen LogP contribution in [-0.2, 0) is 0 Å². The zero-order valence-corrected chi connectivity index (χ0v) is 5.57. The van der Waals surface area contributed by atoms with E-state index in [1.807, 2.05) is 0 Å². The molecule has 0 aromatic rings. The molecule has 0 aromatic carbocycles. The Morgan fingerprint density at radius 2 is 1.80 bits per heavy atom. The summed E-state index contributed by atoms with van der Waals surface area (Å²) in [6, 6.07) is 0. The number of allylic oxidation sites excluding steroid dienone is 8. The fourth-order valence-electron chi connectivity index (χ4n) is 1.20. The SMILES string of the molecule is C1=CC2=CC=CC2C=C1.[OH]. The van der Waals surface area contributed by atoms with Gasteiger partial charge in [-0.15, -0.1) is 0 Å². The third-order valence-electron chi connectivity index (χ3n) is 1.71. The van der Waals surface area contributed by atoms with Gasteiger partial charge in [0.25, 0.3) is 0 Å². The van der Waals surface area contributed by atoms with E-state index in [-0.39, 0.29) is 5.48 Å². The molecule has 0 aliphatic heterocycles. The van der Waals surface area contributed by atoms with Crippen molar-refractivity contribution in [3.05, 3.63) is 48.1 Å². The third kappa shape index (κ3) is 0.957. The van der Waals surface area contributed by atoms with Crippen LogP contribution in [0.3, 0.4) is 0 Å². The number of rotatable bonds is 0.